The summed E-state index contributed by atoms with van der Waals surface area (Å²) in [6.45, 7) is 0.207. The van der Waals surface area contributed by atoms with Crippen LogP contribution in [0.15, 0.2) is 66.9 Å². The molecule has 0 aliphatic carbocycles. The quantitative estimate of drug-likeness (QED) is 0.727. The van der Waals surface area contributed by atoms with Crippen LogP contribution in [0.4, 0.5) is 4.39 Å². The number of aromatic nitrogens is 1. The molecule has 6 heteroatoms. The van der Waals surface area contributed by atoms with Crippen LogP contribution in [0, 0.1) is 5.82 Å². The fraction of sp³-hybridized carbons (Fsp3) is 0.0526. The molecule has 0 spiro atoms. The van der Waals surface area contributed by atoms with E-state index in [1.54, 1.807) is 18.3 Å². The second kappa shape index (κ2) is 7.77. The zero-order valence-electron chi connectivity index (χ0n) is 13.1. The van der Waals surface area contributed by atoms with Gasteiger partial charge in [-0.25, -0.2) is 9.37 Å². The van der Waals surface area contributed by atoms with E-state index < -0.39 is 11.7 Å². The Labute approximate surface area is 149 Å². The van der Waals surface area contributed by atoms with E-state index >= 15 is 0 Å². The second-order valence-electron chi connectivity index (χ2n) is 5.22. The summed E-state index contributed by atoms with van der Waals surface area (Å²) >= 11 is 5.80. The molecule has 3 rings (SSSR count). The van der Waals surface area contributed by atoms with E-state index in [-0.39, 0.29) is 12.1 Å². The van der Waals surface area contributed by atoms with Gasteiger partial charge in [-0.1, -0.05) is 29.8 Å². The normalized spacial score (nSPS) is 10.3. The van der Waals surface area contributed by atoms with Crippen LogP contribution in [0.2, 0.25) is 5.02 Å². The van der Waals surface area contributed by atoms with Gasteiger partial charge in [0.05, 0.1) is 5.56 Å². The highest BCUT2D eigenvalue weighted by Crippen LogP contribution is 2.19. The molecule has 1 N–H and O–H groups in total. The highest BCUT2D eigenvalue weighted by Gasteiger charge is 2.12. The van der Waals surface area contributed by atoms with Crippen LogP contribution in [0.25, 0.3) is 0 Å². The fourth-order valence-corrected chi connectivity index (χ4v) is 2.35. The topological polar surface area (TPSA) is 51.2 Å². The Bertz CT molecular complexity index is 888. The summed E-state index contributed by atoms with van der Waals surface area (Å²) in [5, 5.41) is 2.95. The van der Waals surface area contributed by atoms with Crippen LogP contribution in [0.1, 0.15) is 15.9 Å². The van der Waals surface area contributed by atoms with Gasteiger partial charge in [-0.15, -0.1) is 0 Å². The van der Waals surface area contributed by atoms with E-state index in [2.05, 4.69) is 10.3 Å². The van der Waals surface area contributed by atoms with Crippen molar-refractivity contribution in [3.63, 3.8) is 0 Å². The van der Waals surface area contributed by atoms with Crippen molar-refractivity contribution in [2.24, 2.45) is 0 Å². The molecule has 0 unspecified atom stereocenters. The van der Waals surface area contributed by atoms with Crippen molar-refractivity contribution in [1.29, 1.82) is 0 Å². The van der Waals surface area contributed by atoms with E-state index in [1.165, 1.54) is 12.1 Å². The van der Waals surface area contributed by atoms with Gasteiger partial charge in [0.1, 0.15) is 11.6 Å². The predicted octanol–water partition coefficient (Wildman–Crippen LogP) is 4.60. The van der Waals surface area contributed by atoms with Gasteiger partial charge in [0.2, 0.25) is 5.88 Å². The van der Waals surface area contributed by atoms with Crippen LogP contribution in [-0.2, 0) is 6.54 Å². The van der Waals surface area contributed by atoms with Crippen LogP contribution < -0.4 is 10.1 Å². The molecule has 3 aromatic rings. The van der Waals surface area contributed by atoms with Gasteiger partial charge >= 0.3 is 0 Å². The minimum atomic E-state index is -0.621. The van der Waals surface area contributed by atoms with E-state index in [9.17, 15) is 9.18 Å². The van der Waals surface area contributed by atoms with Gasteiger partial charge in [0.25, 0.3) is 5.91 Å². The van der Waals surface area contributed by atoms with Gasteiger partial charge in [-0.05, 0) is 42.0 Å². The summed E-state index contributed by atoms with van der Waals surface area (Å²) in [5.41, 5.74) is 0.680. The van der Waals surface area contributed by atoms with Gasteiger partial charge < -0.3 is 10.1 Å². The molecule has 0 aliphatic heterocycles. The standard InChI is InChI=1S/C19H14ClFN2O2/c20-14-6-7-17(21)16(11-14)19(24)23-12-13-8-9-22-18(10-13)25-15-4-2-1-3-5-15/h1-11H,12H2,(H,23,24). The maximum absolute atomic E-state index is 13.7. The lowest BCUT2D eigenvalue weighted by Crippen LogP contribution is -2.23. The highest BCUT2D eigenvalue weighted by molar-refractivity contribution is 6.31. The van der Waals surface area contributed by atoms with E-state index in [4.69, 9.17) is 16.3 Å². The Morgan fingerprint density at radius 1 is 1.12 bits per heavy atom. The Balaban J connectivity index is 1.66. The lowest BCUT2D eigenvalue weighted by molar-refractivity contribution is 0.0947. The van der Waals surface area contributed by atoms with E-state index in [0.717, 1.165) is 11.6 Å². The van der Waals surface area contributed by atoms with Crippen molar-refractivity contribution < 1.29 is 13.9 Å². The maximum atomic E-state index is 13.7. The summed E-state index contributed by atoms with van der Waals surface area (Å²) in [6.07, 6.45) is 1.58. The number of hydrogen-bond acceptors (Lipinski definition) is 3. The average molecular weight is 357 g/mol. The zero-order chi connectivity index (χ0) is 17.6. The number of pyridine rings is 1. The van der Waals surface area contributed by atoms with Crippen LogP contribution in [0.3, 0.4) is 0 Å². The van der Waals surface area contributed by atoms with Crippen LogP contribution in [0.5, 0.6) is 11.6 Å². The maximum Gasteiger partial charge on any atom is 0.254 e. The number of hydrogen-bond donors (Lipinski definition) is 1. The molecule has 0 fully saturated rings. The highest BCUT2D eigenvalue weighted by atomic mass is 35.5. The summed E-state index contributed by atoms with van der Waals surface area (Å²) < 4.78 is 19.3. The molecule has 4 nitrogen and oxygen atoms in total. The van der Waals surface area contributed by atoms with Crippen molar-refractivity contribution >= 4 is 17.5 Å². The second-order valence-corrected chi connectivity index (χ2v) is 5.66. The summed E-state index contributed by atoms with van der Waals surface area (Å²) in [4.78, 5) is 16.2. The van der Waals surface area contributed by atoms with Crippen LogP contribution in [-0.4, -0.2) is 10.9 Å². The Morgan fingerprint density at radius 2 is 1.92 bits per heavy atom. The molecular weight excluding hydrogens is 343 g/mol. The number of amides is 1. The first-order chi connectivity index (χ1) is 12.1. The third-order valence-electron chi connectivity index (χ3n) is 3.39. The lowest BCUT2D eigenvalue weighted by atomic mass is 10.2. The largest absolute Gasteiger partial charge is 0.439 e. The smallest absolute Gasteiger partial charge is 0.254 e. The van der Waals surface area contributed by atoms with Crippen molar-refractivity contribution in [2.75, 3.05) is 0 Å². The molecule has 25 heavy (non-hydrogen) atoms. The number of ether oxygens (including phenoxy) is 1. The molecule has 1 heterocycles. The molecule has 1 aromatic heterocycles. The summed E-state index contributed by atoms with van der Waals surface area (Å²) in [5.74, 6) is -0.0869. The van der Waals surface area contributed by atoms with Crippen molar-refractivity contribution in [1.82, 2.24) is 10.3 Å². The van der Waals surface area contributed by atoms with Gasteiger partial charge in [0, 0.05) is 23.8 Å². The van der Waals surface area contributed by atoms with E-state index in [1.807, 2.05) is 30.3 Å². The molecule has 0 bridgehead atoms. The number of nitrogens with zero attached hydrogens (tertiary/aromatic N) is 1. The molecule has 0 radical (unpaired) electrons. The van der Waals surface area contributed by atoms with Gasteiger partial charge in [-0.2, -0.15) is 0 Å². The molecule has 0 saturated carbocycles. The average Bonchev–Trinajstić information content (AvgIpc) is 2.63. The molecule has 0 atom stereocenters. The Hall–Kier alpha value is -2.92. The first-order valence-corrected chi connectivity index (χ1v) is 7.91. The molecule has 1 amide bonds. The van der Waals surface area contributed by atoms with Crippen LogP contribution >= 0.6 is 11.6 Å². The third-order valence-corrected chi connectivity index (χ3v) is 3.63. The number of carbonyl (C=O) groups excluding carboxylic acids is 1. The first kappa shape index (κ1) is 16.9. The lowest BCUT2D eigenvalue weighted by Gasteiger charge is -2.08. The zero-order valence-corrected chi connectivity index (χ0v) is 13.8. The minimum absolute atomic E-state index is 0.0951. The molecule has 0 saturated heterocycles. The fourth-order valence-electron chi connectivity index (χ4n) is 2.17. The number of para-hydroxylation sites is 1. The molecule has 0 aliphatic rings. The number of halogens is 2. The molecular formula is C19H14ClFN2O2. The SMILES string of the molecule is O=C(NCc1ccnc(Oc2ccccc2)c1)c1cc(Cl)ccc1F. The summed E-state index contributed by atoms with van der Waals surface area (Å²) in [7, 11) is 0. The Morgan fingerprint density at radius 3 is 2.72 bits per heavy atom. The van der Waals surface area contributed by atoms with E-state index in [0.29, 0.717) is 16.7 Å². The third kappa shape index (κ3) is 4.55. The van der Waals surface area contributed by atoms with Crippen molar-refractivity contribution in [3.8, 4) is 11.6 Å². The Kier molecular flexibility index (Phi) is 5.26. The predicted molar refractivity (Wildman–Crippen MR) is 93.3 cm³/mol. The monoisotopic (exact) mass is 356 g/mol. The molecule has 2 aromatic carbocycles. The van der Waals surface area contributed by atoms with Crippen molar-refractivity contribution in [2.45, 2.75) is 6.54 Å². The number of carbonyl (C=O) groups is 1. The number of rotatable bonds is 5. The van der Waals surface area contributed by atoms with Gasteiger partial charge in [0.15, 0.2) is 0 Å². The minimum Gasteiger partial charge on any atom is -0.439 e. The molecule has 126 valence electrons. The number of benzene rings is 2. The van der Waals surface area contributed by atoms with Gasteiger partial charge in [-0.3, -0.25) is 4.79 Å². The first-order valence-electron chi connectivity index (χ1n) is 7.53. The summed E-state index contributed by atoms with van der Waals surface area (Å²) in [6, 6.07) is 16.5. The number of nitrogens with one attached hydrogen (secondary N) is 1. The van der Waals surface area contributed by atoms with Crippen molar-refractivity contribution in [3.05, 3.63) is 88.8 Å².